The van der Waals surface area contributed by atoms with E-state index < -0.39 is 0 Å². The molecule has 1 N–H and O–H groups in total. The van der Waals surface area contributed by atoms with Gasteiger partial charge in [0.1, 0.15) is 0 Å². The Morgan fingerprint density at radius 3 is 2.68 bits per heavy atom. The van der Waals surface area contributed by atoms with E-state index in [-0.39, 0.29) is 0 Å². The summed E-state index contributed by atoms with van der Waals surface area (Å²) in [6.07, 6.45) is 12.7. The minimum atomic E-state index is 0.805. The quantitative estimate of drug-likeness (QED) is 0.786. The SMILES string of the molecule is CCCNC1CCC(N2CCCC(CCC)CC2)C1. The van der Waals surface area contributed by atoms with Gasteiger partial charge < -0.3 is 10.2 Å². The summed E-state index contributed by atoms with van der Waals surface area (Å²) in [7, 11) is 0. The molecule has 1 aliphatic carbocycles. The van der Waals surface area contributed by atoms with Crippen molar-refractivity contribution in [3.63, 3.8) is 0 Å². The van der Waals surface area contributed by atoms with Crippen LogP contribution in [0, 0.1) is 5.92 Å². The van der Waals surface area contributed by atoms with E-state index in [0.29, 0.717) is 0 Å². The van der Waals surface area contributed by atoms with E-state index in [1.165, 1.54) is 77.4 Å². The Labute approximate surface area is 120 Å². The van der Waals surface area contributed by atoms with Gasteiger partial charge in [0.05, 0.1) is 0 Å². The van der Waals surface area contributed by atoms with Crippen molar-refractivity contribution in [1.29, 1.82) is 0 Å². The molecule has 112 valence electrons. The minimum Gasteiger partial charge on any atom is -0.314 e. The van der Waals surface area contributed by atoms with Crippen LogP contribution in [-0.2, 0) is 0 Å². The van der Waals surface area contributed by atoms with Crippen molar-refractivity contribution in [2.75, 3.05) is 19.6 Å². The van der Waals surface area contributed by atoms with E-state index in [4.69, 9.17) is 0 Å². The van der Waals surface area contributed by atoms with Crippen LogP contribution in [0.2, 0.25) is 0 Å². The Morgan fingerprint density at radius 2 is 1.89 bits per heavy atom. The van der Waals surface area contributed by atoms with Crippen LogP contribution in [0.1, 0.15) is 71.6 Å². The fraction of sp³-hybridized carbons (Fsp3) is 1.00. The third-order valence-electron chi connectivity index (χ3n) is 5.18. The molecule has 3 atom stereocenters. The average molecular weight is 266 g/mol. The summed E-state index contributed by atoms with van der Waals surface area (Å²) in [6.45, 7) is 8.54. The molecule has 2 nitrogen and oxygen atoms in total. The lowest BCUT2D eigenvalue weighted by Gasteiger charge is -2.27. The van der Waals surface area contributed by atoms with Crippen LogP contribution in [0.5, 0.6) is 0 Å². The first kappa shape index (κ1) is 15.3. The van der Waals surface area contributed by atoms with Crippen LogP contribution >= 0.6 is 0 Å². The molecular weight excluding hydrogens is 232 g/mol. The largest absolute Gasteiger partial charge is 0.314 e. The van der Waals surface area contributed by atoms with Gasteiger partial charge in [-0.1, -0.05) is 26.7 Å². The van der Waals surface area contributed by atoms with Crippen molar-refractivity contribution in [3.8, 4) is 0 Å². The Balaban J connectivity index is 1.73. The molecule has 0 aromatic heterocycles. The smallest absolute Gasteiger partial charge is 0.0111 e. The molecule has 0 spiro atoms. The summed E-state index contributed by atoms with van der Waals surface area (Å²) in [4.78, 5) is 2.82. The predicted molar refractivity (Wildman–Crippen MR) is 83.5 cm³/mol. The van der Waals surface area contributed by atoms with Crippen LogP contribution in [0.15, 0.2) is 0 Å². The number of nitrogens with one attached hydrogen (secondary N) is 1. The van der Waals surface area contributed by atoms with Gasteiger partial charge in [0.15, 0.2) is 0 Å². The molecular formula is C17H34N2. The molecule has 1 heterocycles. The number of rotatable bonds is 6. The van der Waals surface area contributed by atoms with Crippen LogP contribution in [0.25, 0.3) is 0 Å². The fourth-order valence-electron chi connectivity index (χ4n) is 4.07. The number of likely N-dealkylation sites (tertiary alicyclic amines) is 1. The number of hydrogen-bond donors (Lipinski definition) is 1. The molecule has 0 aromatic carbocycles. The topological polar surface area (TPSA) is 15.3 Å². The Kier molecular flexibility index (Phi) is 6.66. The van der Waals surface area contributed by atoms with Gasteiger partial charge in [-0.3, -0.25) is 0 Å². The van der Waals surface area contributed by atoms with Gasteiger partial charge >= 0.3 is 0 Å². The summed E-state index contributed by atoms with van der Waals surface area (Å²) >= 11 is 0. The normalized spacial score (nSPS) is 33.5. The van der Waals surface area contributed by atoms with Crippen LogP contribution < -0.4 is 5.32 Å². The number of nitrogens with zero attached hydrogens (tertiary/aromatic N) is 1. The Bertz CT molecular complexity index is 241. The molecule has 1 saturated heterocycles. The number of hydrogen-bond acceptors (Lipinski definition) is 2. The monoisotopic (exact) mass is 266 g/mol. The zero-order valence-electron chi connectivity index (χ0n) is 13.2. The fourth-order valence-corrected chi connectivity index (χ4v) is 4.07. The molecule has 2 rings (SSSR count). The molecule has 3 unspecified atom stereocenters. The molecule has 2 heteroatoms. The molecule has 0 bridgehead atoms. The lowest BCUT2D eigenvalue weighted by Crippen LogP contribution is -2.36. The summed E-state index contributed by atoms with van der Waals surface area (Å²) < 4.78 is 0. The third kappa shape index (κ3) is 4.75. The first-order valence-corrected chi connectivity index (χ1v) is 8.80. The van der Waals surface area contributed by atoms with Crippen molar-refractivity contribution in [3.05, 3.63) is 0 Å². The van der Waals surface area contributed by atoms with Crippen molar-refractivity contribution in [1.82, 2.24) is 10.2 Å². The molecule has 19 heavy (non-hydrogen) atoms. The molecule has 1 aliphatic heterocycles. The van der Waals surface area contributed by atoms with E-state index in [1.54, 1.807) is 0 Å². The van der Waals surface area contributed by atoms with Gasteiger partial charge in [-0.2, -0.15) is 0 Å². The van der Waals surface area contributed by atoms with Gasteiger partial charge in [-0.05, 0) is 70.5 Å². The van der Waals surface area contributed by atoms with Gasteiger partial charge in [-0.25, -0.2) is 0 Å². The van der Waals surface area contributed by atoms with Crippen molar-refractivity contribution < 1.29 is 0 Å². The lowest BCUT2D eigenvalue weighted by molar-refractivity contribution is 0.200. The Hall–Kier alpha value is -0.0800. The van der Waals surface area contributed by atoms with Gasteiger partial charge in [-0.15, -0.1) is 0 Å². The summed E-state index contributed by atoms with van der Waals surface area (Å²) in [6, 6.07) is 1.69. The summed E-state index contributed by atoms with van der Waals surface area (Å²) in [5.41, 5.74) is 0. The summed E-state index contributed by atoms with van der Waals surface area (Å²) in [5, 5.41) is 3.72. The molecule has 0 radical (unpaired) electrons. The first-order chi connectivity index (χ1) is 9.33. The third-order valence-corrected chi connectivity index (χ3v) is 5.18. The van der Waals surface area contributed by atoms with Gasteiger partial charge in [0.2, 0.25) is 0 Å². The molecule has 2 aliphatic rings. The zero-order valence-corrected chi connectivity index (χ0v) is 13.2. The van der Waals surface area contributed by atoms with Crippen LogP contribution in [0.3, 0.4) is 0 Å². The standard InChI is InChI=1S/C17H34N2/c1-3-6-15-7-5-12-19(13-10-15)17-9-8-16(14-17)18-11-4-2/h15-18H,3-14H2,1-2H3. The van der Waals surface area contributed by atoms with Crippen molar-refractivity contribution in [2.24, 2.45) is 5.92 Å². The highest BCUT2D eigenvalue weighted by Crippen LogP contribution is 2.29. The van der Waals surface area contributed by atoms with E-state index in [9.17, 15) is 0 Å². The van der Waals surface area contributed by atoms with Crippen molar-refractivity contribution in [2.45, 2.75) is 83.7 Å². The highest BCUT2D eigenvalue weighted by Gasteiger charge is 2.29. The molecule has 1 saturated carbocycles. The second kappa shape index (κ2) is 8.26. The minimum absolute atomic E-state index is 0.805. The maximum atomic E-state index is 3.72. The maximum absolute atomic E-state index is 3.72. The molecule has 0 amide bonds. The van der Waals surface area contributed by atoms with Crippen LogP contribution in [0.4, 0.5) is 0 Å². The van der Waals surface area contributed by atoms with Crippen molar-refractivity contribution >= 4 is 0 Å². The second-order valence-electron chi connectivity index (χ2n) is 6.74. The predicted octanol–water partition coefficient (Wildman–Crippen LogP) is 3.81. The van der Waals surface area contributed by atoms with Gasteiger partial charge in [0.25, 0.3) is 0 Å². The molecule has 0 aromatic rings. The Morgan fingerprint density at radius 1 is 1.00 bits per heavy atom. The van der Waals surface area contributed by atoms with E-state index in [1.807, 2.05) is 0 Å². The lowest BCUT2D eigenvalue weighted by atomic mass is 9.96. The van der Waals surface area contributed by atoms with E-state index in [2.05, 4.69) is 24.1 Å². The van der Waals surface area contributed by atoms with E-state index in [0.717, 1.165) is 18.0 Å². The second-order valence-corrected chi connectivity index (χ2v) is 6.74. The molecule has 2 fully saturated rings. The highest BCUT2D eigenvalue weighted by atomic mass is 15.2. The van der Waals surface area contributed by atoms with E-state index >= 15 is 0 Å². The summed E-state index contributed by atoms with van der Waals surface area (Å²) in [5.74, 6) is 1.02. The maximum Gasteiger partial charge on any atom is 0.0111 e. The highest BCUT2D eigenvalue weighted by molar-refractivity contribution is 4.87. The zero-order chi connectivity index (χ0) is 13.5. The van der Waals surface area contributed by atoms with Gasteiger partial charge in [0, 0.05) is 12.1 Å². The van der Waals surface area contributed by atoms with Crippen LogP contribution in [-0.4, -0.2) is 36.6 Å². The first-order valence-electron chi connectivity index (χ1n) is 8.80. The average Bonchev–Trinajstić information content (AvgIpc) is 2.77.